The molecular weight excluding hydrogens is 224 g/mol. The van der Waals surface area contributed by atoms with Crippen LogP contribution in [-0.4, -0.2) is 37.4 Å². The first-order chi connectivity index (χ1) is 7.81. The maximum Gasteiger partial charge on any atom is 0.0451 e. The fourth-order valence-corrected chi connectivity index (χ4v) is 2.35. The molecule has 1 unspecified atom stereocenters. The molecule has 0 aromatic heterocycles. The highest BCUT2D eigenvalue weighted by molar-refractivity contribution is 6.30. The molecule has 1 atom stereocenters. The molecule has 88 valence electrons. The van der Waals surface area contributed by atoms with Crippen LogP contribution in [-0.2, 0) is 0 Å². The van der Waals surface area contributed by atoms with Gasteiger partial charge in [-0.3, -0.25) is 0 Å². The number of anilines is 1. The molecule has 1 heterocycles. The van der Waals surface area contributed by atoms with E-state index < -0.39 is 0 Å². The summed E-state index contributed by atoms with van der Waals surface area (Å²) in [6.07, 6.45) is 0.791. The van der Waals surface area contributed by atoms with Crippen molar-refractivity contribution in [3.8, 4) is 0 Å². The first kappa shape index (κ1) is 11.7. The van der Waals surface area contributed by atoms with Gasteiger partial charge in [0.15, 0.2) is 0 Å². The summed E-state index contributed by atoms with van der Waals surface area (Å²) < 4.78 is 0. The molecule has 1 fully saturated rings. The van der Waals surface area contributed by atoms with E-state index in [1.165, 1.54) is 0 Å². The minimum Gasteiger partial charge on any atom is -0.396 e. The monoisotopic (exact) mass is 240 g/mol. The van der Waals surface area contributed by atoms with Crippen molar-refractivity contribution in [3.63, 3.8) is 0 Å². The Morgan fingerprint density at radius 3 is 3.12 bits per heavy atom. The van der Waals surface area contributed by atoms with Crippen molar-refractivity contribution in [1.29, 1.82) is 0 Å². The second-order valence-electron chi connectivity index (χ2n) is 4.04. The van der Waals surface area contributed by atoms with Gasteiger partial charge in [-0.25, -0.2) is 0 Å². The van der Waals surface area contributed by atoms with Crippen molar-refractivity contribution in [3.05, 3.63) is 29.3 Å². The molecule has 1 aromatic rings. The Morgan fingerprint density at radius 1 is 1.50 bits per heavy atom. The molecule has 0 amide bonds. The molecule has 0 radical (unpaired) electrons. The highest BCUT2D eigenvalue weighted by Crippen LogP contribution is 2.23. The Morgan fingerprint density at radius 2 is 2.38 bits per heavy atom. The zero-order valence-electron chi connectivity index (χ0n) is 9.19. The molecule has 16 heavy (non-hydrogen) atoms. The van der Waals surface area contributed by atoms with E-state index in [0.29, 0.717) is 6.04 Å². The molecule has 4 heteroatoms. The fraction of sp³-hybridized carbons (Fsp3) is 0.500. The first-order valence-electron chi connectivity index (χ1n) is 5.65. The lowest BCUT2D eigenvalue weighted by atomic mass is 10.1. The zero-order chi connectivity index (χ0) is 11.4. The van der Waals surface area contributed by atoms with Gasteiger partial charge in [-0.05, 0) is 24.6 Å². The number of aliphatic hydroxyl groups is 1. The number of aliphatic hydroxyl groups excluding tert-OH is 1. The van der Waals surface area contributed by atoms with Crippen LogP contribution in [0.3, 0.4) is 0 Å². The SMILES string of the molecule is OCCC1CNCCN1c1cccc(Cl)c1. The van der Waals surface area contributed by atoms with Crippen LogP contribution in [0.25, 0.3) is 0 Å². The molecule has 1 saturated heterocycles. The van der Waals surface area contributed by atoms with Crippen molar-refractivity contribution < 1.29 is 5.11 Å². The minimum absolute atomic E-state index is 0.226. The number of hydrogen-bond donors (Lipinski definition) is 2. The van der Waals surface area contributed by atoms with Gasteiger partial charge < -0.3 is 15.3 Å². The topological polar surface area (TPSA) is 35.5 Å². The summed E-state index contributed by atoms with van der Waals surface area (Å²) in [5.41, 5.74) is 1.15. The summed E-state index contributed by atoms with van der Waals surface area (Å²) >= 11 is 6.00. The molecule has 3 nitrogen and oxygen atoms in total. The highest BCUT2D eigenvalue weighted by atomic mass is 35.5. The molecule has 0 saturated carbocycles. The summed E-state index contributed by atoms with van der Waals surface area (Å²) in [6.45, 7) is 3.09. The number of hydrogen-bond acceptors (Lipinski definition) is 3. The molecule has 1 aromatic carbocycles. The molecule has 0 spiro atoms. The summed E-state index contributed by atoms with van der Waals surface area (Å²) in [5, 5.41) is 13.2. The molecule has 1 aliphatic rings. The van der Waals surface area contributed by atoms with Crippen molar-refractivity contribution in [2.45, 2.75) is 12.5 Å². The average molecular weight is 241 g/mol. The van der Waals surface area contributed by atoms with Crippen LogP contribution >= 0.6 is 11.6 Å². The lowest BCUT2D eigenvalue weighted by Gasteiger charge is -2.38. The molecular formula is C12H17ClN2O. The van der Waals surface area contributed by atoms with Gasteiger partial charge in [0.25, 0.3) is 0 Å². The Bertz CT molecular complexity index is 344. The molecule has 2 rings (SSSR count). The Labute approximate surface area is 101 Å². The summed E-state index contributed by atoms with van der Waals surface area (Å²) in [4.78, 5) is 2.32. The number of rotatable bonds is 3. The first-order valence-corrected chi connectivity index (χ1v) is 6.03. The summed E-state index contributed by atoms with van der Waals surface area (Å²) in [7, 11) is 0. The quantitative estimate of drug-likeness (QED) is 0.841. The second kappa shape index (κ2) is 5.53. The van der Waals surface area contributed by atoms with E-state index >= 15 is 0 Å². The molecule has 0 aliphatic carbocycles. The van der Waals surface area contributed by atoms with E-state index in [1.54, 1.807) is 0 Å². The van der Waals surface area contributed by atoms with E-state index in [1.807, 2.05) is 18.2 Å². The van der Waals surface area contributed by atoms with Crippen molar-refractivity contribution in [2.24, 2.45) is 0 Å². The third kappa shape index (κ3) is 2.67. The van der Waals surface area contributed by atoms with Crippen LogP contribution < -0.4 is 10.2 Å². The van der Waals surface area contributed by atoms with Gasteiger partial charge >= 0.3 is 0 Å². The van der Waals surface area contributed by atoms with Crippen LogP contribution in [0, 0.1) is 0 Å². The van der Waals surface area contributed by atoms with Crippen LogP contribution in [0.1, 0.15) is 6.42 Å². The average Bonchev–Trinajstić information content (AvgIpc) is 2.30. The number of nitrogens with one attached hydrogen (secondary N) is 1. The van der Waals surface area contributed by atoms with Gasteiger partial charge in [-0.2, -0.15) is 0 Å². The van der Waals surface area contributed by atoms with Gasteiger partial charge in [0.1, 0.15) is 0 Å². The standard InChI is InChI=1S/C12H17ClN2O/c13-10-2-1-3-11(8-10)15-6-5-14-9-12(15)4-7-16/h1-3,8,12,14,16H,4-7,9H2. The maximum atomic E-state index is 9.06. The maximum absolute atomic E-state index is 9.06. The van der Waals surface area contributed by atoms with Gasteiger partial charge in [-0.1, -0.05) is 17.7 Å². The Balaban J connectivity index is 2.16. The molecule has 1 aliphatic heterocycles. The smallest absolute Gasteiger partial charge is 0.0451 e. The van der Waals surface area contributed by atoms with Gasteiger partial charge in [-0.15, -0.1) is 0 Å². The number of benzene rings is 1. The van der Waals surface area contributed by atoms with Crippen molar-refractivity contribution >= 4 is 17.3 Å². The van der Waals surface area contributed by atoms with Crippen LogP contribution in [0.15, 0.2) is 24.3 Å². The lowest BCUT2D eigenvalue weighted by Crippen LogP contribution is -2.51. The zero-order valence-corrected chi connectivity index (χ0v) is 9.95. The van der Waals surface area contributed by atoms with Crippen LogP contribution in [0.4, 0.5) is 5.69 Å². The van der Waals surface area contributed by atoms with Gasteiger partial charge in [0.2, 0.25) is 0 Å². The molecule has 0 bridgehead atoms. The van der Waals surface area contributed by atoms with E-state index in [2.05, 4.69) is 16.3 Å². The van der Waals surface area contributed by atoms with Crippen LogP contribution in [0.2, 0.25) is 5.02 Å². The van der Waals surface area contributed by atoms with Crippen LogP contribution in [0.5, 0.6) is 0 Å². The summed E-state index contributed by atoms with van der Waals surface area (Å²) in [5.74, 6) is 0. The Kier molecular flexibility index (Phi) is 4.04. The van der Waals surface area contributed by atoms with Crippen molar-refractivity contribution in [1.82, 2.24) is 5.32 Å². The lowest BCUT2D eigenvalue weighted by molar-refractivity contribution is 0.266. The van der Waals surface area contributed by atoms with E-state index in [4.69, 9.17) is 16.7 Å². The van der Waals surface area contributed by atoms with Crippen molar-refractivity contribution in [2.75, 3.05) is 31.1 Å². The number of nitrogens with zero attached hydrogens (tertiary/aromatic N) is 1. The predicted octanol–water partition coefficient (Wildman–Crippen LogP) is 1.50. The van der Waals surface area contributed by atoms with E-state index in [0.717, 1.165) is 36.8 Å². The summed E-state index contributed by atoms with van der Waals surface area (Å²) in [6, 6.07) is 8.26. The predicted molar refractivity (Wildman–Crippen MR) is 67.2 cm³/mol. The number of halogens is 1. The van der Waals surface area contributed by atoms with E-state index in [9.17, 15) is 0 Å². The third-order valence-corrected chi connectivity index (χ3v) is 3.19. The second-order valence-corrected chi connectivity index (χ2v) is 4.48. The minimum atomic E-state index is 0.226. The van der Waals surface area contributed by atoms with E-state index in [-0.39, 0.29) is 6.61 Å². The van der Waals surface area contributed by atoms with Gasteiger partial charge in [0, 0.05) is 43.0 Å². The largest absolute Gasteiger partial charge is 0.396 e. The molecule has 2 N–H and O–H groups in total. The Hall–Kier alpha value is -0.770. The fourth-order valence-electron chi connectivity index (χ4n) is 2.16. The highest BCUT2D eigenvalue weighted by Gasteiger charge is 2.21. The normalized spacial score (nSPS) is 21.1. The van der Waals surface area contributed by atoms with Gasteiger partial charge in [0.05, 0.1) is 0 Å². The third-order valence-electron chi connectivity index (χ3n) is 2.95. The number of piperazine rings is 1.